The van der Waals surface area contributed by atoms with E-state index in [1.54, 1.807) is 13.0 Å². The maximum Gasteiger partial charge on any atom is 0.200 e. The average Bonchev–Trinajstić information content (AvgIpc) is 2.49. The fraction of sp³-hybridized carbons (Fsp3) is 0.214. The summed E-state index contributed by atoms with van der Waals surface area (Å²) in [6.07, 6.45) is 1.31. The topological polar surface area (TPSA) is 24.9 Å². The number of hydrogen-bond donors (Lipinski definition) is 1. The molecule has 0 saturated carbocycles. The molecule has 0 spiro atoms. The van der Waals surface area contributed by atoms with Crippen LogP contribution in [0.2, 0.25) is 0 Å². The first-order valence-electron chi connectivity index (χ1n) is 5.99. The third-order valence-electron chi connectivity index (χ3n) is 3.09. The summed E-state index contributed by atoms with van der Waals surface area (Å²) >= 11 is 0. The molecule has 0 saturated heterocycles. The Bertz CT molecular complexity index is 641. The monoisotopic (exact) mass is 302 g/mol. The number of rotatable bonds is 3. The summed E-state index contributed by atoms with van der Waals surface area (Å²) in [5.41, 5.74) is 0.0110. The Morgan fingerprint density at radius 1 is 0.905 bits per heavy atom. The summed E-state index contributed by atoms with van der Waals surface area (Å²) in [6, 6.07) is 1.87. The fourth-order valence-corrected chi connectivity index (χ4v) is 2.00. The lowest BCUT2D eigenvalue weighted by Gasteiger charge is -2.19. The van der Waals surface area contributed by atoms with E-state index in [0.29, 0.717) is 5.69 Å². The van der Waals surface area contributed by atoms with Gasteiger partial charge >= 0.3 is 0 Å². The van der Waals surface area contributed by atoms with Gasteiger partial charge in [0.25, 0.3) is 0 Å². The molecule has 1 aromatic heterocycles. The number of aryl methyl sites for hydroxylation is 1. The van der Waals surface area contributed by atoms with Crippen molar-refractivity contribution in [3.8, 4) is 0 Å². The van der Waals surface area contributed by atoms with E-state index < -0.39 is 40.7 Å². The van der Waals surface area contributed by atoms with Crippen molar-refractivity contribution < 1.29 is 22.0 Å². The highest BCUT2D eigenvalue weighted by molar-refractivity contribution is 5.34. The third kappa shape index (κ3) is 2.61. The van der Waals surface area contributed by atoms with Crippen LogP contribution in [0, 0.1) is 36.0 Å². The van der Waals surface area contributed by atoms with Crippen molar-refractivity contribution in [2.75, 3.05) is 7.05 Å². The van der Waals surface area contributed by atoms with Crippen LogP contribution in [-0.4, -0.2) is 12.0 Å². The van der Waals surface area contributed by atoms with Gasteiger partial charge in [-0.25, -0.2) is 22.0 Å². The minimum absolute atomic E-state index is 0.284. The van der Waals surface area contributed by atoms with E-state index in [-0.39, 0.29) is 5.56 Å². The molecule has 0 aliphatic heterocycles. The molecule has 1 N–H and O–H groups in total. The van der Waals surface area contributed by atoms with Gasteiger partial charge < -0.3 is 5.32 Å². The van der Waals surface area contributed by atoms with Gasteiger partial charge in [0.15, 0.2) is 23.3 Å². The Kier molecular flexibility index (Phi) is 4.22. The minimum Gasteiger partial charge on any atom is -0.309 e. The molecule has 1 unspecified atom stereocenters. The van der Waals surface area contributed by atoms with E-state index in [2.05, 4.69) is 10.3 Å². The molecular formula is C14H11F5N2. The molecule has 0 bridgehead atoms. The Morgan fingerprint density at radius 2 is 1.43 bits per heavy atom. The van der Waals surface area contributed by atoms with Crippen molar-refractivity contribution in [3.05, 3.63) is 64.2 Å². The van der Waals surface area contributed by atoms with Crippen LogP contribution in [0.15, 0.2) is 18.3 Å². The highest BCUT2D eigenvalue weighted by Crippen LogP contribution is 2.31. The molecule has 0 aliphatic rings. The van der Waals surface area contributed by atoms with Gasteiger partial charge in [-0.3, -0.25) is 4.98 Å². The van der Waals surface area contributed by atoms with E-state index in [0.717, 1.165) is 0 Å². The van der Waals surface area contributed by atoms with Crippen LogP contribution >= 0.6 is 0 Å². The number of hydrogen-bond acceptors (Lipinski definition) is 2. The van der Waals surface area contributed by atoms with Gasteiger partial charge in [-0.2, -0.15) is 0 Å². The van der Waals surface area contributed by atoms with Crippen LogP contribution in [0.25, 0.3) is 0 Å². The van der Waals surface area contributed by atoms with Crippen molar-refractivity contribution in [3.63, 3.8) is 0 Å². The second-order valence-electron chi connectivity index (χ2n) is 4.44. The predicted octanol–water partition coefficient (Wildman–Crippen LogP) is 3.39. The second kappa shape index (κ2) is 5.77. The zero-order valence-corrected chi connectivity index (χ0v) is 11.1. The van der Waals surface area contributed by atoms with E-state index in [4.69, 9.17) is 0 Å². The van der Waals surface area contributed by atoms with Gasteiger partial charge in [-0.05, 0) is 25.6 Å². The van der Waals surface area contributed by atoms with Crippen LogP contribution in [0.4, 0.5) is 22.0 Å². The lowest BCUT2D eigenvalue weighted by molar-refractivity contribution is 0.363. The Labute approximate surface area is 117 Å². The molecule has 2 aromatic rings. The lowest BCUT2D eigenvalue weighted by Crippen LogP contribution is -2.23. The molecular weight excluding hydrogens is 291 g/mol. The van der Waals surface area contributed by atoms with Crippen LogP contribution in [0.5, 0.6) is 0 Å². The molecule has 2 rings (SSSR count). The van der Waals surface area contributed by atoms with Crippen molar-refractivity contribution in [2.24, 2.45) is 0 Å². The summed E-state index contributed by atoms with van der Waals surface area (Å²) in [5.74, 6) is -9.82. The van der Waals surface area contributed by atoms with Crippen molar-refractivity contribution >= 4 is 0 Å². The van der Waals surface area contributed by atoms with E-state index >= 15 is 0 Å². The molecule has 0 aliphatic carbocycles. The van der Waals surface area contributed by atoms with Crippen LogP contribution in [0.1, 0.15) is 22.9 Å². The van der Waals surface area contributed by atoms with Gasteiger partial charge in [-0.1, -0.05) is 6.07 Å². The highest BCUT2D eigenvalue weighted by atomic mass is 19.2. The Balaban J connectivity index is 2.65. The van der Waals surface area contributed by atoms with E-state index in [1.165, 1.54) is 19.3 Å². The molecule has 112 valence electrons. The van der Waals surface area contributed by atoms with Crippen molar-refractivity contribution in [1.82, 2.24) is 10.3 Å². The average molecular weight is 302 g/mol. The van der Waals surface area contributed by atoms with Gasteiger partial charge in [0.1, 0.15) is 0 Å². The minimum atomic E-state index is -2.18. The van der Waals surface area contributed by atoms with Gasteiger partial charge in [0.2, 0.25) is 5.82 Å². The summed E-state index contributed by atoms with van der Waals surface area (Å²) in [7, 11) is 1.35. The van der Waals surface area contributed by atoms with Crippen LogP contribution in [-0.2, 0) is 0 Å². The number of benzene rings is 1. The van der Waals surface area contributed by atoms with Crippen molar-refractivity contribution in [1.29, 1.82) is 0 Å². The molecule has 21 heavy (non-hydrogen) atoms. The summed E-state index contributed by atoms with van der Waals surface area (Å²) in [6.45, 7) is 1.70. The third-order valence-corrected chi connectivity index (χ3v) is 3.09. The second-order valence-corrected chi connectivity index (χ2v) is 4.44. The standard InChI is InChI=1S/C14H11F5N2/c1-6-3-4-7(5-21-6)14(20-2)8-9(15)11(17)13(19)12(18)10(8)16/h3-5,14,20H,1-2H3. The summed E-state index contributed by atoms with van der Waals surface area (Å²) < 4.78 is 67.3. The molecule has 0 fully saturated rings. The van der Waals surface area contributed by atoms with E-state index in [1.807, 2.05) is 0 Å². The molecule has 1 aromatic carbocycles. The maximum absolute atomic E-state index is 13.8. The van der Waals surface area contributed by atoms with Gasteiger partial charge in [0.05, 0.1) is 11.6 Å². The Hall–Kier alpha value is -2.02. The maximum atomic E-state index is 13.8. The van der Waals surface area contributed by atoms with Crippen LogP contribution < -0.4 is 5.32 Å². The van der Waals surface area contributed by atoms with Crippen LogP contribution in [0.3, 0.4) is 0 Å². The molecule has 1 atom stereocenters. The van der Waals surface area contributed by atoms with Gasteiger partial charge in [0, 0.05) is 11.9 Å². The van der Waals surface area contributed by atoms with E-state index in [9.17, 15) is 22.0 Å². The van der Waals surface area contributed by atoms with Crippen molar-refractivity contribution in [2.45, 2.75) is 13.0 Å². The first kappa shape index (κ1) is 15.4. The zero-order chi connectivity index (χ0) is 15.7. The molecule has 7 heteroatoms. The fourth-order valence-electron chi connectivity index (χ4n) is 2.00. The number of nitrogens with one attached hydrogen (secondary N) is 1. The number of aromatic nitrogens is 1. The first-order chi connectivity index (χ1) is 9.88. The smallest absolute Gasteiger partial charge is 0.200 e. The SMILES string of the molecule is CNC(c1ccc(C)nc1)c1c(F)c(F)c(F)c(F)c1F. The summed E-state index contributed by atoms with van der Waals surface area (Å²) in [5, 5.41) is 2.53. The Morgan fingerprint density at radius 3 is 1.86 bits per heavy atom. The number of halogens is 5. The summed E-state index contributed by atoms with van der Waals surface area (Å²) in [4.78, 5) is 3.95. The molecule has 2 nitrogen and oxygen atoms in total. The first-order valence-corrected chi connectivity index (χ1v) is 5.99. The molecule has 0 amide bonds. The molecule has 0 radical (unpaired) electrons. The normalized spacial score (nSPS) is 12.5. The largest absolute Gasteiger partial charge is 0.309 e. The number of nitrogens with zero attached hydrogens (tertiary/aromatic N) is 1. The highest BCUT2D eigenvalue weighted by Gasteiger charge is 2.30. The van der Waals surface area contributed by atoms with Gasteiger partial charge in [-0.15, -0.1) is 0 Å². The number of pyridine rings is 1. The predicted molar refractivity (Wildman–Crippen MR) is 66.1 cm³/mol. The lowest BCUT2D eigenvalue weighted by atomic mass is 9.98. The quantitative estimate of drug-likeness (QED) is 0.534. The molecule has 1 heterocycles. The zero-order valence-electron chi connectivity index (χ0n) is 11.1.